The second-order valence-corrected chi connectivity index (χ2v) is 5.76. The van der Waals surface area contributed by atoms with Crippen LogP contribution < -0.4 is 0 Å². The molecule has 0 amide bonds. The first-order chi connectivity index (χ1) is 9.02. The van der Waals surface area contributed by atoms with E-state index in [1.54, 1.807) is 20.8 Å². The molecule has 1 atom stereocenters. The molecule has 0 aliphatic rings. The van der Waals surface area contributed by atoms with Crippen LogP contribution in [0.5, 0.6) is 0 Å². The van der Waals surface area contributed by atoms with Crippen LogP contribution in [0.25, 0.3) is 0 Å². The van der Waals surface area contributed by atoms with Crippen molar-refractivity contribution in [3.05, 3.63) is 41.1 Å². The topological polar surface area (TPSA) is 61.6 Å². The minimum absolute atomic E-state index is 0.224. The molecule has 0 spiro atoms. The molecule has 0 aliphatic heterocycles. The molecular formula is C13H20NO4P. The highest BCUT2D eigenvalue weighted by Gasteiger charge is 2.27. The molecule has 0 N–H and O–H groups in total. The van der Waals surface area contributed by atoms with Crippen LogP contribution in [0.2, 0.25) is 0 Å². The number of rotatable bonds is 7. The highest BCUT2D eigenvalue weighted by molar-refractivity contribution is 7.69. The minimum atomic E-state index is -3.46. The summed E-state index contributed by atoms with van der Waals surface area (Å²) in [6.45, 7) is 5.59. The van der Waals surface area contributed by atoms with Crippen molar-refractivity contribution < 1.29 is 18.4 Å². The highest BCUT2D eigenvalue weighted by Crippen LogP contribution is 2.45. The molecule has 0 radical (unpaired) electrons. The standard InChI is InChI=1S/C13H20NO4P/c1-4-17-19(16,18-5-2)11-14(15)12(3)13-9-7-6-8-10-13/h6-12H,4-5H2,1-3H3/b14-11-/t12-/m0/s1. The van der Waals surface area contributed by atoms with Gasteiger partial charge in [0.15, 0.2) is 6.04 Å². The van der Waals surface area contributed by atoms with E-state index in [9.17, 15) is 9.77 Å². The number of benzene rings is 1. The molecule has 0 aromatic heterocycles. The quantitative estimate of drug-likeness (QED) is 0.253. The summed E-state index contributed by atoms with van der Waals surface area (Å²) in [5.41, 5.74) is 0.841. The summed E-state index contributed by atoms with van der Waals surface area (Å²) in [5, 5.41) is 12.0. The van der Waals surface area contributed by atoms with E-state index in [-0.39, 0.29) is 13.2 Å². The fraction of sp³-hybridized carbons (Fsp3) is 0.462. The Bertz CT molecular complexity index is 451. The Balaban J connectivity index is 2.93. The second-order valence-electron chi connectivity index (χ2n) is 3.94. The first kappa shape index (κ1) is 15.9. The smallest absolute Gasteiger partial charge is 0.417 e. The van der Waals surface area contributed by atoms with Crippen molar-refractivity contribution in [3.8, 4) is 0 Å². The molecule has 106 valence electrons. The van der Waals surface area contributed by atoms with E-state index in [2.05, 4.69) is 0 Å². The maximum absolute atomic E-state index is 12.2. The van der Waals surface area contributed by atoms with Gasteiger partial charge >= 0.3 is 7.60 Å². The van der Waals surface area contributed by atoms with Gasteiger partial charge in [-0.25, -0.2) is 4.57 Å². The molecule has 1 aromatic carbocycles. The summed E-state index contributed by atoms with van der Waals surface area (Å²) in [4.78, 5) is 0. The Kier molecular flexibility index (Phi) is 6.22. The van der Waals surface area contributed by atoms with Crippen LogP contribution in [0.1, 0.15) is 32.4 Å². The van der Waals surface area contributed by atoms with Gasteiger partial charge in [-0.05, 0) is 13.8 Å². The van der Waals surface area contributed by atoms with E-state index in [1.165, 1.54) is 0 Å². The number of hydroxylamine groups is 1. The summed E-state index contributed by atoms with van der Waals surface area (Å²) in [5.74, 6) is 1.01. The van der Waals surface area contributed by atoms with E-state index < -0.39 is 13.6 Å². The molecule has 0 bridgehead atoms. The Morgan fingerprint density at radius 1 is 1.26 bits per heavy atom. The fourth-order valence-corrected chi connectivity index (χ4v) is 2.99. The maximum atomic E-state index is 12.2. The lowest BCUT2D eigenvalue weighted by Gasteiger charge is -2.16. The van der Waals surface area contributed by atoms with Gasteiger partial charge in [0, 0.05) is 12.5 Å². The first-order valence-electron chi connectivity index (χ1n) is 6.27. The average molecular weight is 285 g/mol. The summed E-state index contributed by atoms with van der Waals surface area (Å²) in [6.07, 6.45) is 0. The predicted octanol–water partition coefficient (Wildman–Crippen LogP) is 3.55. The molecule has 1 aromatic rings. The van der Waals surface area contributed by atoms with Gasteiger partial charge in [0.25, 0.3) is 5.96 Å². The maximum Gasteiger partial charge on any atom is 0.417 e. The normalized spacial score (nSPS) is 14.4. The third-order valence-electron chi connectivity index (χ3n) is 2.54. The molecule has 6 heteroatoms. The molecule has 19 heavy (non-hydrogen) atoms. The molecule has 0 fully saturated rings. The lowest BCUT2D eigenvalue weighted by Crippen LogP contribution is -2.13. The summed E-state index contributed by atoms with van der Waals surface area (Å²) < 4.78 is 23.0. The van der Waals surface area contributed by atoms with Gasteiger partial charge in [0.05, 0.1) is 13.2 Å². The molecule has 0 aliphatic carbocycles. The summed E-state index contributed by atoms with van der Waals surface area (Å²) >= 11 is 0. The molecule has 0 saturated carbocycles. The van der Waals surface area contributed by atoms with E-state index in [1.807, 2.05) is 30.3 Å². The van der Waals surface area contributed by atoms with Gasteiger partial charge in [0.1, 0.15) is 0 Å². The first-order valence-corrected chi connectivity index (χ1v) is 7.89. The predicted molar refractivity (Wildman–Crippen MR) is 75.4 cm³/mol. The Morgan fingerprint density at radius 2 is 1.79 bits per heavy atom. The average Bonchev–Trinajstić information content (AvgIpc) is 2.39. The van der Waals surface area contributed by atoms with E-state index >= 15 is 0 Å². The Morgan fingerprint density at radius 3 is 2.26 bits per heavy atom. The Labute approximate surface area is 114 Å². The molecule has 1 rings (SSSR count). The van der Waals surface area contributed by atoms with Crippen LogP contribution in [0.4, 0.5) is 0 Å². The van der Waals surface area contributed by atoms with Crippen LogP contribution in [-0.4, -0.2) is 23.9 Å². The van der Waals surface area contributed by atoms with Crippen molar-refractivity contribution >= 4 is 13.6 Å². The zero-order valence-electron chi connectivity index (χ0n) is 11.5. The molecular weight excluding hydrogens is 265 g/mol. The summed E-state index contributed by atoms with van der Waals surface area (Å²) in [6, 6.07) is 8.82. The largest absolute Gasteiger partial charge is 0.623 e. The SMILES string of the molecule is CCOP(=O)(/C=[N+](\[O-])[C@@H](C)c1ccccc1)OCC. The van der Waals surface area contributed by atoms with Crippen molar-refractivity contribution in [3.63, 3.8) is 0 Å². The highest BCUT2D eigenvalue weighted by atomic mass is 31.2. The zero-order chi connectivity index (χ0) is 14.3. The van der Waals surface area contributed by atoms with Crippen LogP contribution in [0, 0.1) is 5.21 Å². The van der Waals surface area contributed by atoms with Gasteiger partial charge < -0.3 is 14.3 Å². The third kappa shape index (κ3) is 4.78. The number of hydrogen-bond donors (Lipinski definition) is 0. The van der Waals surface area contributed by atoms with Crippen LogP contribution >= 0.6 is 7.60 Å². The Hall–Kier alpha value is -1.16. The van der Waals surface area contributed by atoms with Gasteiger partial charge in [-0.15, -0.1) is 0 Å². The van der Waals surface area contributed by atoms with Crippen molar-refractivity contribution in [1.29, 1.82) is 0 Å². The van der Waals surface area contributed by atoms with E-state index in [0.29, 0.717) is 4.74 Å². The molecule has 5 nitrogen and oxygen atoms in total. The van der Waals surface area contributed by atoms with Gasteiger partial charge in [-0.2, -0.15) is 4.74 Å². The van der Waals surface area contributed by atoms with Crippen molar-refractivity contribution in [2.75, 3.05) is 13.2 Å². The fourth-order valence-electron chi connectivity index (χ4n) is 1.58. The van der Waals surface area contributed by atoms with Gasteiger partial charge in [0.2, 0.25) is 0 Å². The molecule has 0 unspecified atom stereocenters. The monoisotopic (exact) mass is 285 g/mol. The van der Waals surface area contributed by atoms with Crippen LogP contribution in [-0.2, 0) is 13.6 Å². The lowest BCUT2D eigenvalue weighted by molar-refractivity contribution is -0.497. The lowest BCUT2D eigenvalue weighted by atomic mass is 10.1. The van der Waals surface area contributed by atoms with Crippen molar-refractivity contribution in [1.82, 2.24) is 0 Å². The van der Waals surface area contributed by atoms with Crippen molar-refractivity contribution in [2.45, 2.75) is 26.8 Å². The molecule has 0 heterocycles. The van der Waals surface area contributed by atoms with Crippen molar-refractivity contribution in [2.24, 2.45) is 0 Å². The molecule has 0 saturated heterocycles. The second kappa shape index (κ2) is 7.43. The number of nitrogens with zero attached hydrogens (tertiary/aromatic N) is 1. The van der Waals surface area contributed by atoms with E-state index in [4.69, 9.17) is 9.05 Å². The van der Waals surface area contributed by atoms with E-state index in [0.717, 1.165) is 11.5 Å². The zero-order valence-corrected chi connectivity index (χ0v) is 12.4. The van der Waals surface area contributed by atoms with Crippen LogP contribution in [0.3, 0.4) is 0 Å². The third-order valence-corrected chi connectivity index (χ3v) is 4.28. The van der Waals surface area contributed by atoms with Gasteiger partial charge in [-0.1, -0.05) is 30.3 Å². The summed E-state index contributed by atoms with van der Waals surface area (Å²) in [7, 11) is -3.46. The van der Waals surface area contributed by atoms with Crippen LogP contribution in [0.15, 0.2) is 30.3 Å². The van der Waals surface area contributed by atoms with Gasteiger partial charge in [-0.3, -0.25) is 0 Å². The minimum Gasteiger partial charge on any atom is -0.623 e. The number of hydrogen-bond acceptors (Lipinski definition) is 4.